The second-order valence-electron chi connectivity index (χ2n) is 4.25. The van der Waals surface area contributed by atoms with Gasteiger partial charge in [0.1, 0.15) is 0 Å². The molecule has 0 atom stereocenters. The molecule has 0 N–H and O–H groups in total. The first-order chi connectivity index (χ1) is 6.27. The summed E-state index contributed by atoms with van der Waals surface area (Å²) in [6, 6.07) is 0. The average Bonchev–Trinajstić information content (AvgIpc) is 2.53. The fourth-order valence-electron chi connectivity index (χ4n) is 2.24. The quantitative estimate of drug-likeness (QED) is 0.665. The molecule has 0 spiro atoms. The normalized spacial score (nSPS) is 29.1. The van der Waals surface area contributed by atoms with Gasteiger partial charge in [0.05, 0.1) is 11.2 Å². The van der Waals surface area contributed by atoms with Crippen LogP contribution >= 0.6 is 11.3 Å². The van der Waals surface area contributed by atoms with Crippen LogP contribution in [0, 0.1) is 12.8 Å². The lowest BCUT2D eigenvalue weighted by molar-refractivity contribution is 0.344. The minimum absolute atomic E-state index is 0.766. The lowest BCUT2D eigenvalue weighted by Crippen LogP contribution is -2.11. The van der Waals surface area contributed by atoms with Gasteiger partial charge in [-0.25, -0.2) is 4.98 Å². The van der Waals surface area contributed by atoms with E-state index >= 15 is 0 Å². The van der Waals surface area contributed by atoms with E-state index in [4.69, 9.17) is 0 Å². The molecule has 1 aromatic heterocycles. The van der Waals surface area contributed by atoms with Crippen LogP contribution in [0.25, 0.3) is 0 Å². The average molecular weight is 195 g/mol. The maximum absolute atomic E-state index is 4.48. The van der Waals surface area contributed by atoms with Crippen molar-refractivity contribution in [3.05, 3.63) is 16.1 Å². The van der Waals surface area contributed by atoms with Gasteiger partial charge >= 0.3 is 0 Å². The largest absolute Gasteiger partial charge is 0.249 e. The molecule has 1 fully saturated rings. The van der Waals surface area contributed by atoms with Crippen molar-refractivity contribution in [3.8, 4) is 0 Å². The zero-order chi connectivity index (χ0) is 9.26. The van der Waals surface area contributed by atoms with Crippen LogP contribution in [0.1, 0.15) is 49.1 Å². The van der Waals surface area contributed by atoms with E-state index in [9.17, 15) is 0 Å². The maximum Gasteiger partial charge on any atom is 0.0797 e. The van der Waals surface area contributed by atoms with Crippen molar-refractivity contribution in [1.82, 2.24) is 4.98 Å². The van der Waals surface area contributed by atoms with Crippen molar-refractivity contribution in [2.75, 3.05) is 0 Å². The number of hydrogen-bond acceptors (Lipinski definition) is 2. The molecule has 0 aliphatic heterocycles. The topological polar surface area (TPSA) is 12.9 Å². The molecule has 1 saturated carbocycles. The summed E-state index contributed by atoms with van der Waals surface area (Å²) in [5.41, 5.74) is 3.37. The van der Waals surface area contributed by atoms with Crippen LogP contribution in [-0.4, -0.2) is 4.98 Å². The van der Waals surface area contributed by atoms with Crippen LogP contribution in [0.5, 0.6) is 0 Å². The molecule has 13 heavy (non-hydrogen) atoms. The molecule has 1 nitrogen and oxygen atoms in total. The van der Waals surface area contributed by atoms with Gasteiger partial charge < -0.3 is 0 Å². The number of hydrogen-bond donors (Lipinski definition) is 0. The molecular formula is C11H17NS. The van der Waals surface area contributed by atoms with Crippen LogP contribution < -0.4 is 0 Å². The van der Waals surface area contributed by atoms with Gasteiger partial charge in [-0.2, -0.15) is 0 Å². The summed E-state index contributed by atoms with van der Waals surface area (Å²) in [4.78, 5) is 5.91. The fraction of sp³-hybridized carbons (Fsp3) is 0.727. The molecule has 0 unspecified atom stereocenters. The third kappa shape index (κ3) is 1.93. The molecular weight excluding hydrogens is 178 g/mol. The van der Waals surface area contributed by atoms with Crippen molar-refractivity contribution < 1.29 is 0 Å². The number of aromatic nitrogens is 1. The van der Waals surface area contributed by atoms with Gasteiger partial charge in [0, 0.05) is 10.8 Å². The molecule has 1 heterocycles. The SMILES string of the molecule is Cc1scnc1C1CCC(C)CC1. The van der Waals surface area contributed by atoms with Crippen molar-refractivity contribution in [2.24, 2.45) is 5.92 Å². The Hall–Kier alpha value is -0.370. The minimum atomic E-state index is 0.766. The van der Waals surface area contributed by atoms with Crippen LogP contribution in [0.15, 0.2) is 5.51 Å². The second kappa shape index (κ2) is 3.79. The third-order valence-electron chi connectivity index (χ3n) is 3.18. The number of thiazole rings is 1. The number of aryl methyl sites for hydroxylation is 1. The Kier molecular flexibility index (Phi) is 2.68. The smallest absolute Gasteiger partial charge is 0.0797 e. The number of nitrogens with zero attached hydrogens (tertiary/aromatic N) is 1. The molecule has 1 aliphatic carbocycles. The van der Waals surface area contributed by atoms with Gasteiger partial charge in [0.15, 0.2) is 0 Å². The summed E-state index contributed by atoms with van der Waals surface area (Å²) in [5, 5.41) is 0. The standard InChI is InChI=1S/C11H17NS/c1-8-3-5-10(6-4-8)11-9(2)13-7-12-11/h7-8,10H,3-6H2,1-2H3. The predicted molar refractivity (Wildman–Crippen MR) is 57.2 cm³/mol. The molecule has 2 heteroatoms. The summed E-state index contributed by atoms with van der Waals surface area (Å²) >= 11 is 1.79. The Balaban J connectivity index is 2.06. The monoisotopic (exact) mass is 195 g/mol. The van der Waals surface area contributed by atoms with Gasteiger partial charge in [-0.15, -0.1) is 11.3 Å². The van der Waals surface area contributed by atoms with Crippen LogP contribution in [0.2, 0.25) is 0 Å². The summed E-state index contributed by atoms with van der Waals surface area (Å²) in [6.07, 6.45) is 5.49. The van der Waals surface area contributed by atoms with E-state index in [0.29, 0.717) is 0 Å². The Morgan fingerprint density at radius 3 is 2.54 bits per heavy atom. The third-order valence-corrected chi connectivity index (χ3v) is 3.96. The molecule has 72 valence electrons. The van der Waals surface area contributed by atoms with E-state index in [2.05, 4.69) is 18.8 Å². The Morgan fingerprint density at radius 1 is 1.31 bits per heavy atom. The molecule has 0 saturated heterocycles. The zero-order valence-corrected chi connectivity index (χ0v) is 9.23. The molecule has 0 amide bonds. The van der Waals surface area contributed by atoms with Gasteiger partial charge in [0.25, 0.3) is 0 Å². The van der Waals surface area contributed by atoms with Crippen molar-refractivity contribution in [2.45, 2.75) is 45.4 Å². The van der Waals surface area contributed by atoms with Gasteiger partial charge in [-0.1, -0.05) is 19.8 Å². The van der Waals surface area contributed by atoms with E-state index in [-0.39, 0.29) is 0 Å². The summed E-state index contributed by atoms with van der Waals surface area (Å²) in [7, 11) is 0. The van der Waals surface area contributed by atoms with Gasteiger partial charge in [-0.3, -0.25) is 0 Å². The van der Waals surface area contributed by atoms with E-state index in [1.54, 1.807) is 11.3 Å². The summed E-state index contributed by atoms with van der Waals surface area (Å²) in [5.74, 6) is 1.71. The highest BCUT2D eigenvalue weighted by molar-refractivity contribution is 7.09. The van der Waals surface area contributed by atoms with E-state index in [1.165, 1.54) is 36.3 Å². The van der Waals surface area contributed by atoms with Crippen LogP contribution in [0.3, 0.4) is 0 Å². The highest BCUT2D eigenvalue weighted by Crippen LogP contribution is 2.36. The van der Waals surface area contributed by atoms with Gasteiger partial charge in [0.2, 0.25) is 0 Å². The summed E-state index contributed by atoms with van der Waals surface area (Å²) in [6.45, 7) is 4.56. The molecule has 1 aliphatic rings. The van der Waals surface area contributed by atoms with Crippen molar-refractivity contribution in [3.63, 3.8) is 0 Å². The van der Waals surface area contributed by atoms with E-state index in [1.807, 2.05) is 5.51 Å². The molecule has 0 bridgehead atoms. The number of rotatable bonds is 1. The van der Waals surface area contributed by atoms with Gasteiger partial charge in [-0.05, 0) is 25.7 Å². The predicted octanol–water partition coefficient (Wildman–Crippen LogP) is 3.75. The first-order valence-corrected chi connectivity index (χ1v) is 6.05. The highest BCUT2D eigenvalue weighted by atomic mass is 32.1. The zero-order valence-electron chi connectivity index (χ0n) is 8.42. The molecule has 0 radical (unpaired) electrons. The highest BCUT2D eigenvalue weighted by Gasteiger charge is 2.22. The summed E-state index contributed by atoms with van der Waals surface area (Å²) < 4.78 is 0. The Morgan fingerprint density at radius 2 is 2.00 bits per heavy atom. The molecule has 1 aromatic rings. The first-order valence-electron chi connectivity index (χ1n) is 5.17. The molecule has 2 rings (SSSR count). The van der Waals surface area contributed by atoms with Crippen molar-refractivity contribution >= 4 is 11.3 Å². The van der Waals surface area contributed by atoms with E-state index < -0.39 is 0 Å². The van der Waals surface area contributed by atoms with Crippen LogP contribution in [-0.2, 0) is 0 Å². The second-order valence-corrected chi connectivity index (χ2v) is 5.31. The fourth-order valence-corrected chi connectivity index (χ4v) is 2.90. The molecule has 0 aromatic carbocycles. The van der Waals surface area contributed by atoms with Crippen molar-refractivity contribution in [1.29, 1.82) is 0 Å². The lowest BCUT2D eigenvalue weighted by atomic mass is 9.81. The minimum Gasteiger partial charge on any atom is -0.249 e. The Bertz CT molecular complexity index is 271. The lowest BCUT2D eigenvalue weighted by Gasteiger charge is -2.25. The first kappa shape index (κ1) is 9.20. The maximum atomic E-state index is 4.48. The van der Waals surface area contributed by atoms with E-state index in [0.717, 1.165) is 11.8 Å². The Labute approximate surface area is 84.2 Å². The van der Waals surface area contributed by atoms with Crippen LogP contribution in [0.4, 0.5) is 0 Å².